The Kier molecular flexibility index (Phi) is 5.83. The molecule has 0 radical (unpaired) electrons. The van der Waals surface area contributed by atoms with Crippen molar-refractivity contribution in [1.82, 2.24) is 4.90 Å². The number of aliphatic hydroxyl groups is 1. The molecule has 0 amide bonds. The Morgan fingerprint density at radius 1 is 1.44 bits per heavy atom. The van der Waals surface area contributed by atoms with Gasteiger partial charge in [0.2, 0.25) is 0 Å². The topological polar surface area (TPSA) is 23.5 Å². The molecule has 0 unspecified atom stereocenters. The van der Waals surface area contributed by atoms with Crippen LogP contribution in [0.5, 0.6) is 0 Å². The minimum absolute atomic E-state index is 0.421. The van der Waals surface area contributed by atoms with Crippen molar-refractivity contribution in [3.05, 3.63) is 28.2 Å². The molecule has 0 aromatic heterocycles. The van der Waals surface area contributed by atoms with Crippen LogP contribution in [-0.2, 0) is 0 Å². The van der Waals surface area contributed by atoms with Crippen LogP contribution in [0.15, 0.2) is 27.6 Å². The summed E-state index contributed by atoms with van der Waals surface area (Å²) in [6.45, 7) is 2.85. The van der Waals surface area contributed by atoms with E-state index in [-0.39, 0.29) is 0 Å². The quantitative estimate of drug-likeness (QED) is 0.845. The summed E-state index contributed by atoms with van der Waals surface area (Å²) in [7, 11) is 4.15. The van der Waals surface area contributed by atoms with E-state index in [0.29, 0.717) is 0 Å². The molecular weight excluding hydrogens is 286 g/mol. The zero-order chi connectivity index (χ0) is 12.1. The molecule has 0 aliphatic rings. The fourth-order valence-electron chi connectivity index (χ4n) is 1.28. The second-order valence-electron chi connectivity index (χ2n) is 4.01. The predicted molar refractivity (Wildman–Crippen MR) is 74.1 cm³/mol. The fourth-order valence-corrected chi connectivity index (χ4v) is 3.20. The van der Waals surface area contributed by atoms with E-state index in [4.69, 9.17) is 0 Å². The summed E-state index contributed by atoms with van der Waals surface area (Å²) in [5.41, 5.74) is 0.942. The molecule has 0 aliphatic heterocycles. The maximum atomic E-state index is 9.50. The van der Waals surface area contributed by atoms with Crippen molar-refractivity contribution in [2.45, 2.75) is 17.9 Å². The fraction of sp³-hybridized carbons (Fsp3) is 0.500. The molecule has 1 aromatic carbocycles. The highest BCUT2D eigenvalue weighted by atomic mass is 79.9. The van der Waals surface area contributed by atoms with Gasteiger partial charge >= 0.3 is 0 Å². The van der Waals surface area contributed by atoms with E-state index in [1.54, 1.807) is 6.92 Å². The third-order valence-electron chi connectivity index (χ3n) is 2.23. The summed E-state index contributed by atoms with van der Waals surface area (Å²) in [5, 5.41) is 9.50. The Morgan fingerprint density at radius 2 is 2.12 bits per heavy atom. The standard InChI is InChI=1S/C12H18BrNOS/c1-9(15)11-5-4-10(8-12(11)13)16-7-6-14(2)3/h4-5,8-9,15H,6-7H2,1-3H3/t9-/m0/s1. The number of nitrogens with zero attached hydrogens (tertiary/aromatic N) is 1. The first kappa shape index (κ1) is 14.0. The lowest BCUT2D eigenvalue weighted by molar-refractivity contribution is 0.198. The third-order valence-corrected chi connectivity index (χ3v) is 3.89. The molecule has 0 aliphatic carbocycles. The Morgan fingerprint density at radius 3 is 2.62 bits per heavy atom. The highest BCUT2D eigenvalue weighted by Crippen LogP contribution is 2.28. The highest BCUT2D eigenvalue weighted by Gasteiger charge is 2.06. The largest absolute Gasteiger partial charge is 0.389 e. The molecule has 1 aromatic rings. The molecule has 0 spiro atoms. The van der Waals surface area contributed by atoms with Crippen molar-refractivity contribution in [3.8, 4) is 0 Å². The lowest BCUT2D eigenvalue weighted by atomic mass is 10.1. The van der Waals surface area contributed by atoms with E-state index < -0.39 is 6.10 Å². The van der Waals surface area contributed by atoms with Crippen LogP contribution in [-0.4, -0.2) is 36.4 Å². The maximum absolute atomic E-state index is 9.50. The molecule has 1 atom stereocenters. The van der Waals surface area contributed by atoms with E-state index in [0.717, 1.165) is 22.3 Å². The number of hydrogen-bond donors (Lipinski definition) is 1. The zero-order valence-corrected chi connectivity index (χ0v) is 12.3. The van der Waals surface area contributed by atoms with Crippen LogP contribution in [0.3, 0.4) is 0 Å². The molecule has 1 N–H and O–H groups in total. The smallest absolute Gasteiger partial charge is 0.0772 e. The molecule has 90 valence electrons. The number of hydrogen-bond acceptors (Lipinski definition) is 3. The normalized spacial score (nSPS) is 13.1. The van der Waals surface area contributed by atoms with Gasteiger partial charge in [0, 0.05) is 21.7 Å². The van der Waals surface area contributed by atoms with Crippen molar-refractivity contribution in [2.24, 2.45) is 0 Å². The summed E-state index contributed by atoms with van der Waals surface area (Å²) < 4.78 is 0.984. The number of rotatable bonds is 5. The Hall–Kier alpha value is -0.0300. The van der Waals surface area contributed by atoms with Crippen molar-refractivity contribution in [2.75, 3.05) is 26.4 Å². The molecule has 16 heavy (non-hydrogen) atoms. The van der Waals surface area contributed by atoms with Gasteiger partial charge in [0.1, 0.15) is 0 Å². The van der Waals surface area contributed by atoms with E-state index in [9.17, 15) is 5.11 Å². The van der Waals surface area contributed by atoms with Crippen LogP contribution < -0.4 is 0 Å². The molecule has 0 saturated heterocycles. The Balaban J connectivity index is 2.59. The van der Waals surface area contributed by atoms with Gasteiger partial charge in [-0.15, -0.1) is 11.8 Å². The molecular formula is C12H18BrNOS. The van der Waals surface area contributed by atoms with Gasteiger partial charge in [-0.2, -0.15) is 0 Å². The molecule has 0 saturated carbocycles. The first-order chi connectivity index (χ1) is 7.50. The summed E-state index contributed by atoms with van der Waals surface area (Å²) in [6, 6.07) is 6.11. The summed E-state index contributed by atoms with van der Waals surface area (Å²) in [5.74, 6) is 1.08. The predicted octanol–water partition coefficient (Wildman–Crippen LogP) is 3.16. The molecule has 0 heterocycles. The van der Waals surface area contributed by atoms with Gasteiger partial charge in [-0.3, -0.25) is 0 Å². The van der Waals surface area contributed by atoms with E-state index in [1.165, 1.54) is 4.90 Å². The van der Waals surface area contributed by atoms with E-state index >= 15 is 0 Å². The van der Waals surface area contributed by atoms with Gasteiger partial charge in [0.15, 0.2) is 0 Å². The average Bonchev–Trinajstić information content (AvgIpc) is 2.16. The van der Waals surface area contributed by atoms with Gasteiger partial charge in [0.05, 0.1) is 6.10 Å². The number of benzene rings is 1. The summed E-state index contributed by atoms with van der Waals surface area (Å²) in [4.78, 5) is 3.41. The minimum Gasteiger partial charge on any atom is -0.389 e. The Bertz CT molecular complexity index is 342. The summed E-state index contributed by atoms with van der Waals surface area (Å²) in [6.07, 6.45) is -0.421. The van der Waals surface area contributed by atoms with Gasteiger partial charge in [0.25, 0.3) is 0 Å². The van der Waals surface area contributed by atoms with Crippen molar-refractivity contribution in [1.29, 1.82) is 0 Å². The first-order valence-corrected chi connectivity index (χ1v) is 7.03. The van der Waals surface area contributed by atoms with Crippen LogP contribution in [0.4, 0.5) is 0 Å². The van der Waals surface area contributed by atoms with E-state index in [1.807, 2.05) is 17.8 Å². The second kappa shape index (κ2) is 6.64. The lowest BCUT2D eigenvalue weighted by Crippen LogP contribution is -2.14. The van der Waals surface area contributed by atoms with Crippen LogP contribution in [0.2, 0.25) is 0 Å². The van der Waals surface area contributed by atoms with E-state index in [2.05, 4.69) is 47.1 Å². The van der Waals surface area contributed by atoms with Gasteiger partial charge in [-0.05, 0) is 38.7 Å². The number of aliphatic hydroxyl groups excluding tert-OH is 1. The van der Waals surface area contributed by atoms with Crippen LogP contribution in [0.25, 0.3) is 0 Å². The third kappa shape index (κ3) is 4.45. The first-order valence-electron chi connectivity index (χ1n) is 5.25. The molecule has 0 fully saturated rings. The SMILES string of the molecule is C[C@H](O)c1ccc(SCCN(C)C)cc1Br. The maximum Gasteiger partial charge on any atom is 0.0772 e. The molecule has 1 rings (SSSR count). The molecule has 4 heteroatoms. The molecule has 0 bridgehead atoms. The van der Waals surface area contributed by atoms with Crippen LogP contribution >= 0.6 is 27.7 Å². The zero-order valence-electron chi connectivity index (χ0n) is 9.90. The summed E-state index contributed by atoms with van der Waals surface area (Å²) >= 11 is 5.31. The van der Waals surface area contributed by atoms with Gasteiger partial charge in [-0.1, -0.05) is 22.0 Å². The second-order valence-corrected chi connectivity index (χ2v) is 6.03. The van der Waals surface area contributed by atoms with Crippen LogP contribution in [0, 0.1) is 0 Å². The number of thioether (sulfide) groups is 1. The number of halogens is 1. The molecule has 2 nitrogen and oxygen atoms in total. The van der Waals surface area contributed by atoms with Crippen LogP contribution in [0.1, 0.15) is 18.6 Å². The Labute approximate surface area is 110 Å². The highest BCUT2D eigenvalue weighted by molar-refractivity contribution is 9.10. The van der Waals surface area contributed by atoms with Gasteiger partial charge in [-0.25, -0.2) is 0 Å². The average molecular weight is 304 g/mol. The van der Waals surface area contributed by atoms with Gasteiger partial charge < -0.3 is 10.0 Å². The lowest BCUT2D eigenvalue weighted by Gasteiger charge is -2.11. The van der Waals surface area contributed by atoms with Crippen molar-refractivity contribution < 1.29 is 5.11 Å². The monoisotopic (exact) mass is 303 g/mol. The minimum atomic E-state index is -0.421. The van der Waals surface area contributed by atoms with Crippen molar-refractivity contribution in [3.63, 3.8) is 0 Å². The van der Waals surface area contributed by atoms with Crippen molar-refractivity contribution >= 4 is 27.7 Å².